The molecule has 1 saturated carbocycles. The van der Waals surface area contributed by atoms with Crippen LogP contribution in [0.15, 0.2) is 53.7 Å². The molecule has 11 heteroatoms. The van der Waals surface area contributed by atoms with Crippen molar-refractivity contribution in [2.75, 3.05) is 0 Å². The van der Waals surface area contributed by atoms with E-state index < -0.39 is 0 Å². The van der Waals surface area contributed by atoms with Crippen LogP contribution in [-0.4, -0.2) is 30.9 Å². The molecule has 4 aromatic rings. The number of hydrogen-bond donors (Lipinski definition) is 1. The second kappa shape index (κ2) is 9.36. The highest BCUT2D eigenvalue weighted by molar-refractivity contribution is 7.98. The number of rotatable bonds is 8. The zero-order valence-corrected chi connectivity index (χ0v) is 18.9. The maximum absolute atomic E-state index is 14.3. The molecule has 1 fully saturated rings. The summed E-state index contributed by atoms with van der Waals surface area (Å²) in [5.74, 6) is -0.00340. The molecule has 0 spiro atoms. The van der Waals surface area contributed by atoms with Crippen LogP contribution in [0.3, 0.4) is 0 Å². The summed E-state index contributed by atoms with van der Waals surface area (Å²) in [6.45, 7) is 0.270. The predicted molar refractivity (Wildman–Crippen MR) is 121 cm³/mol. The van der Waals surface area contributed by atoms with Gasteiger partial charge in [-0.2, -0.15) is 0 Å². The standard InChI is InChI=1S/C22H18F2N6OS2/c23-14-7-5-13(6-8-14)11-25-20(31)21-28-26-18(33-21)12-32-22-29-27-19(30(22)15-9-10-15)16-3-1-2-4-17(16)24/h1-8,15H,9-12H2,(H,25,31). The molecule has 0 aliphatic heterocycles. The Morgan fingerprint density at radius 2 is 1.85 bits per heavy atom. The van der Waals surface area contributed by atoms with Crippen LogP contribution in [0.2, 0.25) is 0 Å². The van der Waals surface area contributed by atoms with Crippen LogP contribution in [0.4, 0.5) is 8.78 Å². The molecule has 5 rings (SSSR count). The number of nitrogens with one attached hydrogen (secondary N) is 1. The lowest BCUT2D eigenvalue weighted by Crippen LogP contribution is -2.22. The lowest BCUT2D eigenvalue weighted by molar-refractivity contribution is 0.0950. The molecule has 7 nitrogen and oxygen atoms in total. The maximum Gasteiger partial charge on any atom is 0.282 e. The summed E-state index contributed by atoms with van der Waals surface area (Å²) < 4.78 is 29.3. The summed E-state index contributed by atoms with van der Waals surface area (Å²) in [7, 11) is 0. The van der Waals surface area contributed by atoms with Crippen LogP contribution in [0.5, 0.6) is 0 Å². The Kier molecular flexibility index (Phi) is 6.14. The molecule has 2 heterocycles. The average molecular weight is 485 g/mol. The van der Waals surface area contributed by atoms with Crippen molar-refractivity contribution in [2.24, 2.45) is 0 Å². The Morgan fingerprint density at radius 3 is 2.61 bits per heavy atom. The van der Waals surface area contributed by atoms with Gasteiger partial charge >= 0.3 is 0 Å². The van der Waals surface area contributed by atoms with E-state index in [0.29, 0.717) is 27.3 Å². The number of amides is 1. The first-order valence-electron chi connectivity index (χ1n) is 10.3. The number of benzene rings is 2. The molecule has 0 atom stereocenters. The minimum atomic E-state index is -0.337. The van der Waals surface area contributed by atoms with Gasteiger partial charge < -0.3 is 5.32 Å². The van der Waals surface area contributed by atoms with E-state index in [1.807, 2.05) is 4.57 Å². The van der Waals surface area contributed by atoms with Crippen molar-refractivity contribution in [3.05, 3.63) is 75.7 Å². The first-order chi connectivity index (χ1) is 16.1. The van der Waals surface area contributed by atoms with Gasteiger partial charge in [0.05, 0.1) is 11.3 Å². The van der Waals surface area contributed by atoms with E-state index in [4.69, 9.17) is 0 Å². The molecule has 1 N–H and O–H groups in total. The molecular weight excluding hydrogens is 466 g/mol. The molecule has 0 radical (unpaired) electrons. The molecule has 0 unspecified atom stereocenters. The molecule has 0 bridgehead atoms. The summed E-state index contributed by atoms with van der Waals surface area (Å²) in [5, 5.41) is 21.0. The summed E-state index contributed by atoms with van der Waals surface area (Å²) in [5.41, 5.74) is 1.22. The Labute approximate surface area is 196 Å². The monoisotopic (exact) mass is 484 g/mol. The zero-order valence-electron chi connectivity index (χ0n) is 17.2. The zero-order chi connectivity index (χ0) is 22.8. The van der Waals surface area contributed by atoms with Crippen LogP contribution in [0, 0.1) is 11.6 Å². The van der Waals surface area contributed by atoms with E-state index in [1.54, 1.807) is 30.3 Å². The van der Waals surface area contributed by atoms with Gasteiger partial charge in [0.15, 0.2) is 11.0 Å². The molecule has 33 heavy (non-hydrogen) atoms. The van der Waals surface area contributed by atoms with Crippen LogP contribution < -0.4 is 5.32 Å². The summed E-state index contributed by atoms with van der Waals surface area (Å²) >= 11 is 2.63. The van der Waals surface area contributed by atoms with Crippen molar-refractivity contribution in [3.8, 4) is 11.4 Å². The van der Waals surface area contributed by atoms with Crippen molar-refractivity contribution in [1.82, 2.24) is 30.3 Å². The number of carbonyl (C=O) groups is 1. The van der Waals surface area contributed by atoms with Crippen molar-refractivity contribution in [1.29, 1.82) is 0 Å². The lowest BCUT2D eigenvalue weighted by atomic mass is 10.2. The predicted octanol–water partition coefficient (Wildman–Crippen LogP) is 4.63. The molecule has 2 aromatic heterocycles. The Hall–Kier alpha value is -3.18. The highest BCUT2D eigenvalue weighted by atomic mass is 32.2. The number of nitrogens with zero attached hydrogens (tertiary/aromatic N) is 5. The Bertz CT molecular complexity index is 1290. The fraction of sp³-hybridized carbons (Fsp3) is 0.227. The number of thioether (sulfide) groups is 1. The molecule has 1 aliphatic carbocycles. The third kappa shape index (κ3) is 4.93. The van der Waals surface area contributed by atoms with Gasteiger partial charge in [0.2, 0.25) is 5.01 Å². The van der Waals surface area contributed by atoms with E-state index in [9.17, 15) is 13.6 Å². The van der Waals surface area contributed by atoms with Crippen LogP contribution in [-0.2, 0) is 12.3 Å². The minimum Gasteiger partial charge on any atom is -0.346 e. The second-order valence-electron chi connectivity index (χ2n) is 7.49. The minimum absolute atomic E-state index is 0.253. The van der Waals surface area contributed by atoms with Crippen LogP contribution in [0.25, 0.3) is 11.4 Å². The van der Waals surface area contributed by atoms with Crippen molar-refractivity contribution in [2.45, 2.75) is 36.3 Å². The molecule has 2 aromatic carbocycles. The Balaban J connectivity index is 1.24. The van der Waals surface area contributed by atoms with E-state index in [0.717, 1.165) is 18.4 Å². The second-order valence-corrected chi connectivity index (χ2v) is 9.49. The van der Waals surface area contributed by atoms with E-state index in [1.165, 1.54) is 41.3 Å². The van der Waals surface area contributed by atoms with Crippen LogP contribution >= 0.6 is 23.1 Å². The molecule has 1 amide bonds. The van der Waals surface area contributed by atoms with Gasteiger partial charge in [0.25, 0.3) is 5.91 Å². The van der Waals surface area contributed by atoms with Crippen molar-refractivity contribution >= 4 is 29.0 Å². The van der Waals surface area contributed by atoms with E-state index in [2.05, 4.69) is 25.7 Å². The summed E-state index contributed by atoms with van der Waals surface area (Å²) in [4.78, 5) is 12.4. The summed E-state index contributed by atoms with van der Waals surface area (Å²) in [6, 6.07) is 12.7. The number of halogens is 2. The quantitative estimate of drug-likeness (QED) is 0.367. The van der Waals surface area contributed by atoms with Gasteiger partial charge in [0.1, 0.15) is 16.6 Å². The fourth-order valence-electron chi connectivity index (χ4n) is 3.25. The largest absolute Gasteiger partial charge is 0.346 e. The first kappa shape index (κ1) is 21.7. The first-order valence-corrected chi connectivity index (χ1v) is 12.1. The van der Waals surface area contributed by atoms with Gasteiger partial charge in [0, 0.05) is 12.6 Å². The van der Waals surface area contributed by atoms with E-state index >= 15 is 0 Å². The average Bonchev–Trinajstić information content (AvgIpc) is 3.39. The Morgan fingerprint density at radius 1 is 1.06 bits per heavy atom. The van der Waals surface area contributed by atoms with Gasteiger partial charge in [-0.3, -0.25) is 9.36 Å². The van der Waals surface area contributed by atoms with Gasteiger partial charge in [-0.05, 0) is 42.7 Å². The number of carbonyl (C=O) groups excluding carboxylic acids is 1. The maximum atomic E-state index is 14.3. The lowest BCUT2D eigenvalue weighted by Gasteiger charge is -2.08. The van der Waals surface area contributed by atoms with Gasteiger partial charge in [-0.15, -0.1) is 20.4 Å². The van der Waals surface area contributed by atoms with Gasteiger partial charge in [-0.1, -0.05) is 47.4 Å². The molecular formula is C22H18F2N6OS2. The highest BCUT2D eigenvalue weighted by Crippen LogP contribution is 2.42. The van der Waals surface area contributed by atoms with Crippen LogP contribution in [0.1, 0.15) is 39.3 Å². The molecule has 168 valence electrons. The summed E-state index contributed by atoms with van der Waals surface area (Å²) in [6.07, 6.45) is 2.01. The van der Waals surface area contributed by atoms with Gasteiger partial charge in [-0.25, -0.2) is 8.78 Å². The number of aromatic nitrogens is 5. The third-order valence-corrected chi connectivity index (χ3v) is 7.10. The topological polar surface area (TPSA) is 85.6 Å². The molecule has 1 aliphatic rings. The third-order valence-electron chi connectivity index (χ3n) is 5.04. The van der Waals surface area contributed by atoms with Crippen molar-refractivity contribution < 1.29 is 13.6 Å². The van der Waals surface area contributed by atoms with E-state index in [-0.39, 0.29) is 35.1 Å². The SMILES string of the molecule is O=C(NCc1ccc(F)cc1)c1nnc(CSc2nnc(-c3ccccc3F)n2C2CC2)s1. The number of hydrogen-bond acceptors (Lipinski definition) is 7. The fourth-order valence-corrected chi connectivity index (χ4v) is 5.00. The smallest absolute Gasteiger partial charge is 0.282 e. The molecule has 0 saturated heterocycles. The van der Waals surface area contributed by atoms with Crippen molar-refractivity contribution in [3.63, 3.8) is 0 Å². The normalized spacial score (nSPS) is 13.3. The highest BCUT2D eigenvalue weighted by Gasteiger charge is 2.31.